The summed E-state index contributed by atoms with van der Waals surface area (Å²) in [6, 6.07) is 6.15. The second-order valence-electron chi connectivity index (χ2n) is 6.57. The molecule has 1 amide bonds. The minimum Gasteiger partial charge on any atom is -0.479 e. The zero-order chi connectivity index (χ0) is 16.7. The molecule has 1 heterocycles. The zero-order valence-electron chi connectivity index (χ0n) is 12.8. The summed E-state index contributed by atoms with van der Waals surface area (Å²) < 4.78 is 13.5. The van der Waals surface area contributed by atoms with Crippen LogP contribution in [0.2, 0.25) is 0 Å². The van der Waals surface area contributed by atoms with Crippen molar-refractivity contribution in [3.8, 4) is 0 Å². The number of hydrogen-bond donors (Lipinski definition) is 2. The van der Waals surface area contributed by atoms with Crippen LogP contribution >= 0.6 is 0 Å². The molecule has 2 fully saturated rings. The molecular formula is C17H20FNO4. The van der Waals surface area contributed by atoms with Crippen molar-refractivity contribution >= 4 is 11.9 Å². The van der Waals surface area contributed by atoms with Crippen molar-refractivity contribution in [3.63, 3.8) is 0 Å². The highest BCUT2D eigenvalue weighted by molar-refractivity contribution is 5.89. The largest absolute Gasteiger partial charge is 0.479 e. The van der Waals surface area contributed by atoms with Crippen LogP contribution in [0.1, 0.15) is 37.7 Å². The first-order valence-corrected chi connectivity index (χ1v) is 7.89. The van der Waals surface area contributed by atoms with Gasteiger partial charge in [0.15, 0.2) is 5.60 Å². The molecule has 5 nitrogen and oxygen atoms in total. The molecule has 0 bridgehead atoms. The lowest BCUT2D eigenvalue weighted by Gasteiger charge is -2.46. The molecular weight excluding hydrogens is 301 g/mol. The Labute approximate surface area is 133 Å². The van der Waals surface area contributed by atoms with E-state index in [1.807, 2.05) is 0 Å². The van der Waals surface area contributed by atoms with E-state index in [-0.39, 0.29) is 37.7 Å². The lowest BCUT2D eigenvalue weighted by atomic mass is 9.63. The number of aliphatic carboxylic acids is 1. The normalized spacial score (nSPS) is 22.3. The number of piperidine rings is 1. The lowest BCUT2D eigenvalue weighted by molar-refractivity contribution is -0.166. The monoisotopic (exact) mass is 321 g/mol. The van der Waals surface area contributed by atoms with Gasteiger partial charge in [0.1, 0.15) is 5.82 Å². The predicted molar refractivity (Wildman–Crippen MR) is 80.3 cm³/mol. The van der Waals surface area contributed by atoms with Crippen molar-refractivity contribution in [2.75, 3.05) is 13.1 Å². The van der Waals surface area contributed by atoms with E-state index in [0.717, 1.165) is 6.42 Å². The molecule has 124 valence electrons. The first-order chi connectivity index (χ1) is 10.9. The van der Waals surface area contributed by atoms with Crippen LogP contribution in [0.15, 0.2) is 24.3 Å². The molecule has 1 aliphatic heterocycles. The van der Waals surface area contributed by atoms with Gasteiger partial charge in [-0.3, -0.25) is 4.79 Å². The maximum Gasteiger partial charge on any atom is 0.335 e. The number of carbonyl (C=O) groups excluding carboxylic acids is 1. The summed E-state index contributed by atoms with van der Waals surface area (Å²) in [5.41, 5.74) is -1.75. The Hall–Kier alpha value is -1.95. The number of aliphatic hydroxyl groups is 1. The fourth-order valence-electron chi connectivity index (χ4n) is 3.54. The summed E-state index contributed by atoms with van der Waals surface area (Å²) in [6.07, 6.45) is 2.31. The van der Waals surface area contributed by atoms with Crippen molar-refractivity contribution in [3.05, 3.63) is 35.6 Å². The topological polar surface area (TPSA) is 77.8 Å². The highest BCUT2D eigenvalue weighted by atomic mass is 19.1. The Kier molecular flexibility index (Phi) is 3.88. The molecule has 23 heavy (non-hydrogen) atoms. The van der Waals surface area contributed by atoms with E-state index in [0.29, 0.717) is 18.4 Å². The average molecular weight is 321 g/mol. The van der Waals surface area contributed by atoms with E-state index in [1.165, 1.54) is 12.1 Å². The first kappa shape index (κ1) is 15.9. The van der Waals surface area contributed by atoms with Gasteiger partial charge in [0, 0.05) is 25.9 Å². The number of carboxylic acids is 1. The van der Waals surface area contributed by atoms with Crippen molar-refractivity contribution in [1.82, 2.24) is 4.90 Å². The van der Waals surface area contributed by atoms with Gasteiger partial charge < -0.3 is 15.1 Å². The first-order valence-electron chi connectivity index (χ1n) is 7.89. The van der Waals surface area contributed by atoms with Crippen molar-refractivity contribution in [1.29, 1.82) is 0 Å². The molecule has 0 radical (unpaired) electrons. The van der Waals surface area contributed by atoms with Crippen LogP contribution in [-0.2, 0) is 15.0 Å². The highest BCUT2D eigenvalue weighted by Crippen LogP contribution is 2.46. The number of halogens is 1. The number of benzene rings is 1. The van der Waals surface area contributed by atoms with E-state index in [9.17, 15) is 19.1 Å². The SMILES string of the molecule is O=C(O)C1(O)CCN(C(=O)C2(c3cccc(F)c3)CCC2)CC1. The van der Waals surface area contributed by atoms with Crippen LogP contribution in [0.25, 0.3) is 0 Å². The quantitative estimate of drug-likeness (QED) is 0.888. The van der Waals surface area contributed by atoms with E-state index >= 15 is 0 Å². The van der Waals surface area contributed by atoms with Crippen LogP contribution in [0.4, 0.5) is 4.39 Å². The average Bonchev–Trinajstić information content (AvgIpc) is 2.46. The summed E-state index contributed by atoms with van der Waals surface area (Å²) in [4.78, 5) is 25.7. The molecule has 2 aliphatic rings. The van der Waals surface area contributed by atoms with Gasteiger partial charge in [0.25, 0.3) is 0 Å². The van der Waals surface area contributed by atoms with Crippen molar-refractivity contribution < 1.29 is 24.2 Å². The van der Waals surface area contributed by atoms with Gasteiger partial charge >= 0.3 is 5.97 Å². The van der Waals surface area contributed by atoms with Gasteiger partial charge in [0.2, 0.25) is 5.91 Å². The van der Waals surface area contributed by atoms with Crippen LogP contribution in [0.5, 0.6) is 0 Å². The van der Waals surface area contributed by atoms with E-state index < -0.39 is 17.0 Å². The fourth-order valence-corrected chi connectivity index (χ4v) is 3.54. The number of nitrogens with zero attached hydrogens (tertiary/aromatic N) is 1. The molecule has 1 saturated heterocycles. The molecule has 1 aromatic carbocycles. The fraction of sp³-hybridized carbons (Fsp3) is 0.529. The van der Waals surface area contributed by atoms with E-state index in [2.05, 4.69) is 0 Å². The molecule has 0 aromatic heterocycles. The molecule has 3 rings (SSSR count). The summed E-state index contributed by atoms with van der Waals surface area (Å²) >= 11 is 0. The van der Waals surface area contributed by atoms with Gasteiger partial charge in [0.05, 0.1) is 5.41 Å². The summed E-state index contributed by atoms with van der Waals surface area (Å²) in [5, 5.41) is 19.0. The second kappa shape index (κ2) is 5.60. The lowest BCUT2D eigenvalue weighted by Crippen LogP contribution is -2.57. The van der Waals surface area contributed by atoms with Gasteiger partial charge in [-0.15, -0.1) is 0 Å². The number of amides is 1. The third kappa shape index (κ3) is 2.61. The third-order valence-electron chi connectivity index (χ3n) is 5.27. The molecule has 2 N–H and O–H groups in total. The number of carbonyl (C=O) groups is 2. The predicted octanol–water partition coefficient (Wildman–Crippen LogP) is 1.69. The van der Waals surface area contributed by atoms with Gasteiger partial charge in [-0.25, -0.2) is 9.18 Å². The highest BCUT2D eigenvalue weighted by Gasteiger charge is 2.50. The van der Waals surface area contributed by atoms with Gasteiger partial charge in [-0.2, -0.15) is 0 Å². The number of hydrogen-bond acceptors (Lipinski definition) is 3. The van der Waals surface area contributed by atoms with Crippen LogP contribution in [0.3, 0.4) is 0 Å². The van der Waals surface area contributed by atoms with Gasteiger partial charge in [-0.05, 0) is 30.5 Å². The molecule has 1 aromatic rings. The number of rotatable bonds is 3. The van der Waals surface area contributed by atoms with E-state index in [4.69, 9.17) is 5.11 Å². The maximum absolute atomic E-state index is 13.5. The van der Waals surface area contributed by atoms with Crippen molar-refractivity contribution in [2.45, 2.75) is 43.1 Å². The number of carboxylic acid groups (broad SMARTS) is 1. The minimum absolute atomic E-state index is 0.0211. The molecule has 0 spiro atoms. The van der Waals surface area contributed by atoms with E-state index in [1.54, 1.807) is 17.0 Å². The Morgan fingerprint density at radius 3 is 2.26 bits per heavy atom. The summed E-state index contributed by atoms with van der Waals surface area (Å²) in [7, 11) is 0. The zero-order valence-corrected chi connectivity index (χ0v) is 12.8. The summed E-state index contributed by atoms with van der Waals surface area (Å²) in [6.45, 7) is 0.414. The molecule has 1 saturated carbocycles. The van der Waals surface area contributed by atoms with Crippen LogP contribution in [-0.4, -0.2) is 45.7 Å². The van der Waals surface area contributed by atoms with Gasteiger partial charge in [-0.1, -0.05) is 18.6 Å². The maximum atomic E-state index is 13.5. The van der Waals surface area contributed by atoms with Crippen LogP contribution in [0, 0.1) is 5.82 Å². The Morgan fingerprint density at radius 2 is 1.78 bits per heavy atom. The number of likely N-dealkylation sites (tertiary alicyclic amines) is 1. The molecule has 0 unspecified atom stereocenters. The summed E-state index contributed by atoms with van der Waals surface area (Å²) in [5.74, 6) is -1.68. The second-order valence-corrected chi connectivity index (χ2v) is 6.57. The molecule has 6 heteroatoms. The smallest absolute Gasteiger partial charge is 0.335 e. The third-order valence-corrected chi connectivity index (χ3v) is 5.27. The Morgan fingerprint density at radius 1 is 1.13 bits per heavy atom. The standard InChI is InChI=1S/C17H20FNO4/c18-13-4-1-3-12(11-13)16(5-2-6-16)14(20)19-9-7-17(23,8-10-19)15(21)22/h1,3-4,11,23H,2,5-10H2,(H,21,22). The molecule has 1 aliphatic carbocycles. The Balaban J connectivity index is 1.78. The van der Waals surface area contributed by atoms with Crippen LogP contribution < -0.4 is 0 Å². The Bertz CT molecular complexity index is 633. The molecule has 0 atom stereocenters. The minimum atomic E-state index is -1.75. The van der Waals surface area contributed by atoms with Crippen molar-refractivity contribution in [2.24, 2.45) is 0 Å².